The average Bonchev–Trinajstić information content (AvgIpc) is 2.92. The summed E-state index contributed by atoms with van der Waals surface area (Å²) in [5.41, 5.74) is 0.730. The van der Waals surface area contributed by atoms with E-state index in [1.165, 1.54) is 11.3 Å². The van der Waals surface area contributed by atoms with Gasteiger partial charge in [-0.1, -0.05) is 26.8 Å². The van der Waals surface area contributed by atoms with E-state index in [2.05, 4.69) is 44.9 Å². The van der Waals surface area contributed by atoms with E-state index in [0.717, 1.165) is 22.0 Å². The number of nitrogens with one attached hydrogen (secondary N) is 1. The molecule has 0 spiro atoms. The maximum Gasteiger partial charge on any atom is 0.263 e. The Hall–Kier alpha value is -1.20. The molecule has 1 amide bonds. The number of thiophene rings is 1. The summed E-state index contributed by atoms with van der Waals surface area (Å²) in [6, 6.07) is 4.04. The molecule has 2 rings (SSSR count). The molecule has 0 aromatic carbocycles. The van der Waals surface area contributed by atoms with Gasteiger partial charge in [0, 0.05) is 5.54 Å². The molecule has 0 radical (unpaired) electrons. The highest BCUT2D eigenvalue weighted by Crippen LogP contribution is 2.32. The van der Waals surface area contributed by atoms with E-state index in [1.54, 1.807) is 11.3 Å². The molecule has 0 aliphatic carbocycles. The minimum Gasteiger partial charge on any atom is -0.346 e. The molecule has 0 bridgehead atoms. The van der Waals surface area contributed by atoms with Crippen LogP contribution < -0.4 is 5.32 Å². The van der Waals surface area contributed by atoms with Crippen molar-refractivity contribution in [3.05, 3.63) is 28.1 Å². The number of thiazole rings is 1. The highest BCUT2D eigenvalue weighted by atomic mass is 32.1. The molecule has 0 fully saturated rings. The van der Waals surface area contributed by atoms with E-state index in [9.17, 15) is 4.79 Å². The van der Waals surface area contributed by atoms with Crippen molar-refractivity contribution in [2.45, 2.75) is 53.5 Å². The SMILES string of the molecule is Cc1nc(-c2cccs2)sc1C(=O)NC(C)(C)CC(C)(C)C. The number of rotatable bonds is 4. The summed E-state index contributed by atoms with van der Waals surface area (Å²) >= 11 is 3.12. The van der Waals surface area contributed by atoms with E-state index in [1.807, 2.05) is 24.4 Å². The highest BCUT2D eigenvalue weighted by molar-refractivity contribution is 7.22. The van der Waals surface area contributed by atoms with Crippen LogP contribution in [0, 0.1) is 12.3 Å². The summed E-state index contributed by atoms with van der Waals surface area (Å²) in [4.78, 5) is 19.0. The van der Waals surface area contributed by atoms with Gasteiger partial charge in [-0.25, -0.2) is 4.98 Å². The Bertz CT molecular complexity index is 649. The van der Waals surface area contributed by atoms with Crippen LogP contribution in [0.5, 0.6) is 0 Å². The van der Waals surface area contributed by atoms with Crippen molar-refractivity contribution in [1.82, 2.24) is 10.3 Å². The van der Waals surface area contributed by atoms with Crippen LogP contribution in [0.1, 0.15) is 56.4 Å². The van der Waals surface area contributed by atoms with Gasteiger partial charge in [-0.05, 0) is 44.1 Å². The van der Waals surface area contributed by atoms with Crippen LogP contribution in [0.25, 0.3) is 9.88 Å². The lowest BCUT2D eigenvalue weighted by Gasteiger charge is -2.33. The van der Waals surface area contributed by atoms with Crippen molar-refractivity contribution in [1.29, 1.82) is 0 Å². The number of hydrogen-bond acceptors (Lipinski definition) is 4. The molecule has 3 nitrogen and oxygen atoms in total. The predicted octanol–water partition coefficient (Wildman–Crippen LogP) is 5.12. The fourth-order valence-electron chi connectivity index (χ4n) is 2.85. The number of carbonyl (C=O) groups is 1. The van der Waals surface area contributed by atoms with Gasteiger partial charge in [-0.3, -0.25) is 4.79 Å². The Labute approximate surface area is 140 Å². The fraction of sp³-hybridized carbons (Fsp3) is 0.529. The molecule has 2 heterocycles. The fourth-order valence-corrected chi connectivity index (χ4v) is 4.61. The quantitative estimate of drug-likeness (QED) is 0.841. The second kappa shape index (κ2) is 6.13. The molecule has 0 saturated carbocycles. The number of carbonyl (C=O) groups excluding carboxylic acids is 1. The van der Waals surface area contributed by atoms with Crippen molar-refractivity contribution >= 4 is 28.6 Å². The number of aryl methyl sites for hydroxylation is 1. The summed E-state index contributed by atoms with van der Waals surface area (Å²) < 4.78 is 0. The second-order valence-corrected chi connectivity index (χ2v) is 9.43. The first-order valence-corrected chi connectivity index (χ1v) is 9.11. The van der Waals surface area contributed by atoms with Gasteiger partial charge in [0.2, 0.25) is 0 Å². The van der Waals surface area contributed by atoms with Crippen molar-refractivity contribution in [3.8, 4) is 9.88 Å². The zero-order valence-corrected chi connectivity index (χ0v) is 15.7. The Morgan fingerprint density at radius 2 is 1.95 bits per heavy atom. The normalized spacial score (nSPS) is 12.5. The molecule has 5 heteroatoms. The molecular formula is C17H24N2OS2. The van der Waals surface area contributed by atoms with Crippen LogP contribution in [0.2, 0.25) is 0 Å². The predicted molar refractivity (Wildman–Crippen MR) is 95.8 cm³/mol. The molecule has 0 aliphatic rings. The van der Waals surface area contributed by atoms with E-state index in [0.29, 0.717) is 4.88 Å². The van der Waals surface area contributed by atoms with Gasteiger partial charge in [0.1, 0.15) is 9.88 Å². The van der Waals surface area contributed by atoms with Crippen molar-refractivity contribution in [3.63, 3.8) is 0 Å². The zero-order chi connectivity index (χ0) is 16.5. The van der Waals surface area contributed by atoms with Crippen molar-refractivity contribution < 1.29 is 4.79 Å². The van der Waals surface area contributed by atoms with Crippen LogP contribution in [0.3, 0.4) is 0 Å². The summed E-state index contributed by atoms with van der Waals surface area (Å²) in [7, 11) is 0. The van der Waals surface area contributed by atoms with Crippen LogP contribution in [-0.4, -0.2) is 16.4 Å². The third kappa shape index (κ3) is 4.40. The number of hydrogen-bond donors (Lipinski definition) is 1. The molecule has 1 N–H and O–H groups in total. The second-order valence-electron chi connectivity index (χ2n) is 7.49. The number of amides is 1. The van der Waals surface area contributed by atoms with Gasteiger partial charge in [0.05, 0.1) is 10.6 Å². The smallest absolute Gasteiger partial charge is 0.263 e. The topological polar surface area (TPSA) is 42.0 Å². The van der Waals surface area contributed by atoms with Crippen molar-refractivity contribution in [2.75, 3.05) is 0 Å². The van der Waals surface area contributed by atoms with E-state index in [4.69, 9.17) is 0 Å². The lowest BCUT2D eigenvalue weighted by molar-refractivity contribution is 0.0895. The van der Waals surface area contributed by atoms with Crippen molar-refractivity contribution in [2.24, 2.45) is 5.41 Å². The number of aromatic nitrogens is 1. The van der Waals surface area contributed by atoms with Gasteiger partial charge in [0.15, 0.2) is 0 Å². The molecule has 2 aromatic rings. The highest BCUT2D eigenvalue weighted by Gasteiger charge is 2.28. The van der Waals surface area contributed by atoms with E-state index >= 15 is 0 Å². The molecule has 0 unspecified atom stereocenters. The monoisotopic (exact) mass is 336 g/mol. The third-order valence-electron chi connectivity index (χ3n) is 3.16. The maximum atomic E-state index is 12.6. The first kappa shape index (κ1) is 17.2. The van der Waals surface area contributed by atoms with Gasteiger partial charge in [0.25, 0.3) is 5.91 Å². The lowest BCUT2D eigenvalue weighted by atomic mass is 9.82. The Morgan fingerprint density at radius 3 is 2.50 bits per heavy atom. The summed E-state index contributed by atoms with van der Waals surface area (Å²) in [5.74, 6) is -0.0212. The summed E-state index contributed by atoms with van der Waals surface area (Å²) in [6.07, 6.45) is 0.918. The van der Waals surface area contributed by atoms with E-state index < -0.39 is 0 Å². The first-order valence-electron chi connectivity index (χ1n) is 7.41. The van der Waals surface area contributed by atoms with Crippen LogP contribution in [0.15, 0.2) is 17.5 Å². The zero-order valence-electron chi connectivity index (χ0n) is 14.1. The minimum absolute atomic E-state index is 0.0212. The molecule has 120 valence electrons. The first-order chi connectivity index (χ1) is 10.1. The largest absolute Gasteiger partial charge is 0.346 e. The molecule has 2 aromatic heterocycles. The van der Waals surface area contributed by atoms with Gasteiger partial charge < -0.3 is 5.32 Å². The molecule has 0 atom stereocenters. The van der Waals surface area contributed by atoms with Gasteiger partial charge in [-0.15, -0.1) is 22.7 Å². The third-order valence-corrected chi connectivity index (χ3v) is 5.35. The van der Waals surface area contributed by atoms with Gasteiger partial charge >= 0.3 is 0 Å². The molecule has 0 aliphatic heterocycles. The van der Waals surface area contributed by atoms with Crippen LogP contribution in [0.4, 0.5) is 0 Å². The Morgan fingerprint density at radius 1 is 1.27 bits per heavy atom. The summed E-state index contributed by atoms with van der Waals surface area (Å²) in [6.45, 7) is 12.6. The maximum absolute atomic E-state index is 12.6. The Balaban J connectivity index is 2.17. The summed E-state index contributed by atoms with van der Waals surface area (Å²) in [5, 5.41) is 6.11. The van der Waals surface area contributed by atoms with Gasteiger partial charge in [-0.2, -0.15) is 0 Å². The minimum atomic E-state index is -0.241. The standard InChI is InChI=1S/C17H24N2OS2/c1-11-13(22-15(18-11)12-8-7-9-21-12)14(20)19-17(5,6)10-16(2,3)4/h7-9H,10H2,1-6H3,(H,19,20). The lowest BCUT2D eigenvalue weighted by Crippen LogP contribution is -2.45. The number of nitrogens with zero attached hydrogens (tertiary/aromatic N) is 1. The Kier molecular flexibility index (Phi) is 4.78. The molecule has 0 saturated heterocycles. The molecular weight excluding hydrogens is 312 g/mol. The molecule has 22 heavy (non-hydrogen) atoms. The average molecular weight is 337 g/mol. The van der Waals surface area contributed by atoms with Crippen LogP contribution in [-0.2, 0) is 0 Å². The van der Waals surface area contributed by atoms with Crippen LogP contribution >= 0.6 is 22.7 Å². The van der Waals surface area contributed by atoms with E-state index in [-0.39, 0.29) is 16.9 Å².